The molecule has 0 unspecified atom stereocenters. The van der Waals surface area contributed by atoms with Crippen LogP contribution >= 0.6 is 0 Å². The van der Waals surface area contributed by atoms with Gasteiger partial charge in [-0.15, -0.1) is 0 Å². The fourth-order valence-electron chi connectivity index (χ4n) is 3.79. The molecule has 1 aliphatic rings. The van der Waals surface area contributed by atoms with Crippen molar-refractivity contribution in [2.75, 3.05) is 19.7 Å². The molecule has 0 radical (unpaired) electrons. The van der Waals surface area contributed by atoms with Crippen LogP contribution in [0, 0.1) is 12.3 Å². The number of rotatable bonds is 7. The number of aryl methyl sites for hydroxylation is 1. The summed E-state index contributed by atoms with van der Waals surface area (Å²) >= 11 is 0. The third kappa shape index (κ3) is 4.54. The Kier molecular flexibility index (Phi) is 6.05. The van der Waals surface area contributed by atoms with Gasteiger partial charge in [0.25, 0.3) is 0 Å². The van der Waals surface area contributed by atoms with Crippen LogP contribution in [0.15, 0.2) is 59.5 Å². The number of ether oxygens (including phenoxy) is 1. The van der Waals surface area contributed by atoms with Gasteiger partial charge in [0.15, 0.2) is 0 Å². The minimum Gasteiger partial charge on any atom is -0.493 e. The maximum absolute atomic E-state index is 13.2. The zero-order valence-corrected chi connectivity index (χ0v) is 16.8. The number of nitrogens with two attached hydrogens (primary N) is 1. The van der Waals surface area contributed by atoms with Gasteiger partial charge in [-0.2, -0.15) is 4.31 Å². The summed E-state index contributed by atoms with van der Waals surface area (Å²) in [7, 11) is -3.66. The van der Waals surface area contributed by atoms with E-state index < -0.39 is 21.3 Å². The van der Waals surface area contributed by atoms with Gasteiger partial charge in [-0.1, -0.05) is 36.4 Å². The lowest BCUT2D eigenvalue weighted by atomic mass is 9.78. The lowest BCUT2D eigenvalue weighted by Crippen LogP contribution is -2.50. The van der Waals surface area contributed by atoms with Crippen LogP contribution in [0.1, 0.15) is 24.8 Å². The van der Waals surface area contributed by atoms with Crippen molar-refractivity contribution in [2.45, 2.75) is 31.1 Å². The van der Waals surface area contributed by atoms with Gasteiger partial charge in [0.2, 0.25) is 15.9 Å². The standard InChI is InChI=1S/C21H26N2O4S/c1-17-8-5-6-11-19(17)28(25,26)23-13-7-12-21(15-23,14-20(22)24)16-27-18-9-3-2-4-10-18/h2-6,8-11H,7,12-16H2,1H3,(H2,22,24)/t21-/m1/s1. The van der Waals surface area contributed by atoms with Crippen LogP contribution in [0.5, 0.6) is 5.75 Å². The Balaban J connectivity index is 1.85. The van der Waals surface area contributed by atoms with Crippen LogP contribution in [0.25, 0.3) is 0 Å². The van der Waals surface area contributed by atoms with Crippen molar-refractivity contribution < 1.29 is 17.9 Å². The summed E-state index contributed by atoms with van der Waals surface area (Å²) in [6.45, 7) is 2.65. The molecule has 0 aromatic heterocycles. The Hall–Kier alpha value is -2.38. The molecule has 1 fully saturated rings. The summed E-state index contributed by atoms with van der Waals surface area (Å²) in [5.74, 6) is 0.233. The van der Waals surface area contributed by atoms with E-state index >= 15 is 0 Å². The van der Waals surface area contributed by atoms with Crippen molar-refractivity contribution in [1.82, 2.24) is 4.31 Å². The summed E-state index contributed by atoms with van der Waals surface area (Å²) in [6, 6.07) is 16.2. The normalized spacial score (nSPS) is 20.6. The largest absolute Gasteiger partial charge is 0.493 e. The predicted molar refractivity (Wildman–Crippen MR) is 107 cm³/mol. The number of nitrogens with zero attached hydrogens (tertiary/aromatic N) is 1. The molecular formula is C21H26N2O4S. The van der Waals surface area contributed by atoms with Gasteiger partial charge in [-0.3, -0.25) is 4.79 Å². The first-order valence-electron chi connectivity index (χ1n) is 9.34. The molecule has 7 heteroatoms. The van der Waals surface area contributed by atoms with E-state index in [-0.39, 0.29) is 19.6 Å². The summed E-state index contributed by atoms with van der Waals surface area (Å²) < 4.78 is 33.8. The average molecular weight is 403 g/mol. The predicted octanol–water partition coefficient (Wildman–Crippen LogP) is 2.72. The van der Waals surface area contributed by atoms with Crippen molar-refractivity contribution >= 4 is 15.9 Å². The molecule has 150 valence electrons. The van der Waals surface area contributed by atoms with E-state index in [9.17, 15) is 13.2 Å². The van der Waals surface area contributed by atoms with Gasteiger partial charge < -0.3 is 10.5 Å². The molecule has 1 amide bonds. The molecule has 2 aromatic rings. The molecule has 3 rings (SSSR count). The molecule has 1 aliphatic heterocycles. The minimum absolute atomic E-state index is 0.0830. The van der Waals surface area contributed by atoms with E-state index in [2.05, 4.69) is 0 Å². The molecule has 2 N–H and O–H groups in total. The van der Waals surface area contributed by atoms with Gasteiger partial charge in [0.1, 0.15) is 5.75 Å². The first-order valence-corrected chi connectivity index (χ1v) is 10.8. The third-order valence-electron chi connectivity index (χ3n) is 5.18. The lowest BCUT2D eigenvalue weighted by molar-refractivity contribution is -0.121. The number of benzene rings is 2. The minimum atomic E-state index is -3.66. The first kappa shape index (κ1) is 20.4. The molecule has 0 bridgehead atoms. The van der Waals surface area contributed by atoms with Gasteiger partial charge >= 0.3 is 0 Å². The fraction of sp³-hybridized carbons (Fsp3) is 0.381. The van der Waals surface area contributed by atoms with Crippen LogP contribution in [-0.2, 0) is 14.8 Å². The number of hydrogen-bond acceptors (Lipinski definition) is 4. The van der Waals surface area contributed by atoms with Gasteiger partial charge in [0, 0.05) is 24.9 Å². The molecule has 1 heterocycles. The lowest BCUT2D eigenvalue weighted by Gasteiger charge is -2.41. The molecule has 2 aromatic carbocycles. The Labute approximate surface area is 166 Å². The number of hydrogen-bond donors (Lipinski definition) is 1. The van der Waals surface area contributed by atoms with E-state index in [1.54, 1.807) is 25.1 Å². The number of carbonyl (C=O) groups excluding carboxylic acids is 1. The maximum Gasteiger partial charge on any atom is 0.243 e. The molecule has 28 heavy (non-hydrogen) atoms. The molecule has 6 nitrogen and oxygen atoms in total. The summed E-state index contributed by atoms with van der Waals surface area (Å²) in [5.41, 5.74) is 5.56. The van der Waals surface area contributed by atoms with Crippen LogP contribution < -0.4 is 10.5 Å². The maximum atomic E-state index is 13.2. The Morgan fingerprint density at radius 3 is 2.50 bits per heavy atom. The van der Waals surface area contributed by atoms with Crippen molar-refractivity contribution in [3.8, 4) is 5.75 Å². The number of piperidine rings is 1. The zero-order chi connectivity index (χ0) is 20.2. The number of primary amides is 1. The van der Waals surface area contributed by atoms with Crippen molar-refractivity contribution in [1.29, 1.82) is 0 Å². The monoisotopic (exact) mass is 402 g/mol. The second-order valence-corrected chi connectivity index (χ2v) is 9.36. The van der Waals surface area contributed by atoms with E-state index in [1.807, 2.05) is 36.4 Å². The SMILES string of the molecule is Cc1ccccc1S(=O)(=O)N1CCC[C@@](COc2ccccc2)(CC(N)=O)C1. The molecule has 0 spiro atoms. The molecule has 0 aliphatic carbocycles. The number of sulfonamides is 1. The van der Waals surface area contributed by atoms with Crippen LogP contribution in [0.2, 0.25) is 0 Å². The number of amides is 1. The number of carbonyl (C=O) groups is 1. The highest BCUT2D eigenvalue weighted by atomic mass is 32.2. The van der Waals surface area contributed by atoms with Gasteiger partial charge in [0.05, 0.1) is 11.5 Å². The molecular weight excluding hydrogens is 376 g/mol. The highest BCUT2D eigenvalue weighted by Gasteiger charge is 2.42. The van der Waals surface area contributed by atoms with Gasteiger partial charge in [-0.05, 0) is 43.5 Å². The third-order valence-corrected chi connectivity index (χ3v) is 7.18. The molecule has 0 saturated carbocycles. The highest BCUT2D eigenvalue weighted by molar-refractivity contribution is 7.89. The van der Waals surface area contributed by atoms with Crippen molar-refractivity contribution in [3.63, 3.8) is 0 Å². The van der Waals surface area contributed by atoms with Crippen molar-refractivity contribution in [2.24, 2.45) is 11.1 Å². The van der Waals surface area contributed by atoms with Gasteiger partial charge in [-0.25, -0.2) is 8.42 Å². The molecule has 1 saturated heterocycles. The smallest absolute Gasteiger partial charge is 0.243 e. The van der Waals surface area contributed by atoms with E-state index in [4.69, 9.17) is 10.5 Å². The fourth-order valence-corrected chi connectivity index (χ4v) is 5.61. The van der Waals surface area contributed by atoms with Crippen LogP contribution in [-0.4, -0.2) is 38.3 Å². The zero-order valence-electron chi connectivity index (χ0n) is 16.0. The summed E-state index contributed by atoms with van der Waals surface area (Å²) in [5, 5.41) is 0. The average Bonchev–Trinajstić information content (AvgIpc) is 2.67. The van der Waals surface area contributed by atoms with Crippen LogP contribution in [0.3, 0.4) is 0 Å². The summed E-state index contributed by atoms with van der Waals surface area (Å²) in [4.78, 5) is 12.1. The second kappa shape index (κ2) is 8.32. The summed E-state index contributed by atoms with van der Waals surface area (Å²) in [6.07, 6.45) is 1.42. The van der Waals surface area contributed by atoms with E-state index in [0.717, 1.165) is 0 Å². The Morgan fingerprint density at radius 2 is 1.82 bits per heavy atom. The topological polar surface area (TPSA) is 89.7 Å². The van der Waals surface area contributed by atoms with Crippen LogP contribution in [0.4, 0.5) is 0 Å². The quantitative estimate of drug-likeness (QED) is 0.771. The highest BCUT2D eigenvalue weighted by Crippen LogP contribution is 2.37. The number of para-hydroxylation sites is 1. The van der Waals surface area contributed by atoms with E-state index in [0.29, 0.717) is 35.6 Å². The Bertz CT molecular complexity index is 930. The van der Waals surface area contributed by atoms with Crippen molar-refractivity contribution in [3.05, 3.63) is 60.2 Å². The second-order valence-electron chi connectivity index (χ2n) is 7.45. The Morgan fingerprint density at radius 1 is 1.14 bits per heavy atom. The molecule has 1 atom stereocenters. The van der Waals surface area contributed by atoms with E-state index in [1.165, 1.54) is 4.31 Å². The first-order chi connectivity index (χ1) is 13.3.